The van der Waals surface area contributed by atoms with Gasteiger partial charge in [-0.1, -0.05) is 6.92 Å². The molecule has 1 rings (SSSR count). The first-order valence-corrected chi connectivity index (χ1v) is 4.69. The van der Waals surface area contributed by atoms with Crippen molar-refractivity contribution in [3.8, 4) is 0 Å². The molecule has 0 aliphatic heterocycles. The molecule has 0 aliphatic carbocycles. The number of hydrogen-bond acceptors (Lipinski definition) is 2. The van der Waals surface area contributed by atoms with E-state index in [1.165, 1.54) is 0 Å². The highest BCUT2D eigenvalue weighted by Gasteiger charge is 2.18. The average molecular weight is 196 g/mol. The first-order valence-electron chi connectivity index (χ1n) is 4.69. The van der Waals surface area contributed by atoms with Gasteiger partial charge in [-0.3, -0.25) is 4.79 Å². The second-order valence-corrected chi connectivity index (χ2v) is 3.62. The second kappa shape index (κ2) is 4.28. The Morgan fingerprint density at radius 3 is 2.93 bits per heavy atom. The number of rotatable bonds is 4. The van der Waals surface area contributed by atoms with Gasteiger partial charge in [0.05, 0.1) is 5.60 Å². The molecule has 1 aromatic rings. The molecule has 0 fully saturated rings. The first-order chi connectivity index (χ1) is 6.55. The van der Waals surface area contributed by atoms with E-state index in [1.54, 1.807) is 25.3 Å². The maximum absolute atomic E-state index is 11.4. The Labute approximate surface area is 83.3 Å². The lowest BCUT2D eigenvalue weighted by Gasteiger charge is -2.21. The fraction of sp³-hybridized carbons (Fsp3) is 0.500. The highest BCUT2D eigenvalue weighted by atomic mass is 16.3. The molecule has 1 heterocycles. The van der Waals surface area contributed by atoms with Crippen LogP contribution in [0, 0.1) is 0 Å². The molecular formula is C10H16N2O2. The summed E-state index contributed by atoms with van der Waals surface area (Å²) >= 11 is 0. The molecule has 0 aliphatic rings. The van der Waals surface area contributed by atoms with Gasteiger partial charge < -0.3 is 15.4 Å². The summed E-state index contributed by atoms with van der Waals surface area (Å²) in [6.07, 6.45) is 2.30. The van der Waals surface area contributed by atoms with Crippen molar-refractivity contribution in [2.45, 2.75) is 25.9 Å². The van der Waals surface area contributed by atoms with Crippen molar-refractivity contribution in [2.75, 3.05) is 6.54 Å². The van der Waals surface area contributed by atoms with Crippen molar-refractivity contribution >= 4 is 5.91 Å². The highest BCUT2D eigenvalue weighted by molar-refractivity contribution is 5.92. The minimum Gasteiger partial charge on any atom is -0.388 e. The molecular weight excluding hydrogens is 180 g/mol. The molecule has 0 saturated heterocycles. The molecule has 4 nitrogen and oxygen atoms in total. The third-order valence-corrected chi connectivity index (χ3v) is 2.23. The summed E-state index contributed by atoms with van der Waals surface area (Å²) in [5.74, 6) is -0.191. The lowest BCUT2D eigenvalue weighted by atomic mass is 10.0. The third kappa shape index (κ3) is 2.88. The van der Waals surface area contributed by atoms with Gasteiger partial charge in [0.25, 0.3) is 5.91 Å². The summed E-state index contributed by atoms with van der Waals surface area (Å²) in [5, 5.41) is 12.3. The molecule has 4 heteroatoms. The van der Waals surface area contributed by atoms with Crippen LogP contribution >= 0.6 is 0 Å². The number of nitrogens with one attached hydrogen (secondary N) is 2. The Bertz CT molecular complexity index is 291. The summed E-state index contributed by atoms with van der Waals surface area (Å²) < 4.78 is 0. The van der Waals surface area contributed by atoms with Gasteiger partial charge in [0.1, 0.15) is 5.69 Å². The first kappa shape index (κ1) is 10.8. The predicted octanol–water partition coefficient (Wildman–Crippen LogP) is 0.906. The van der Waals surface area contributed by atoms with Gasteiger partial charge in [-0.05, 0) is 25.5 Å². The van der Waals surface area contributed by atoms with E-state index in [9.17, 15) is 9.90 Å². The van der Waals surface area contributed by atoms with Gasteiger partial charge in [-0.2, -0.15) is 0 Å². The zero-order chi connectivity index (χ0) is 10.6. The number of carbonyl (C=O) groups excluding carboxylic acids is 1. The van der Waals surface area contributed by atoms with E-state index in [1.807, 2.05) is 6.92 Å². The zero-order valence-electron chi connectivity index (χ0n) is 8.50. The quantitative estimate of drug-likeness (QED) is 0.670. The lowest BCUT2D eigenvalue weighted by molar-refractivity contribution is 0.0517. The number of aromatic nitrogens is 1. The predicted molar refractivity (Wildman–Crippen MR) is 54.0 cm³/mol. The van der Waals surface area contributed by atoms with E-state index in [4.69, 9.17) is 0 Å². The van der Waals surface area contributed by atoms with E-state index >= 15 is 0 Å². The summed E-state index contributed by atoms with van der Waals surface area (Å²) in [5.41, 5.74) is -0.320. The standard InChI is InChI=1S/C10H16N2O2/c1-3-10(2,14)7-12-9(13)8-5-4-6-11-8/h4-6,11,14H,3,7H2,1-2H3,(H,12,13). The van der Waals surface area contributed by atoms with Gasteiger partial charge in [0.2, 0.25) is 0 Å². The van der Waals surface area contributed by atoms with Crippen LogP contribution < -0.4 is 5.32 Å². The van der Waals surface area contributed by atoms with Crippen LogP contribution in [0.5, 0.6) is 0 Å². The van der Waals surface area contributed by atoms with Gasteiger partial charge in [-0.25, -0.2) is 0 Å². The van der Waals surface area contributed by atoms with Gasteiger partial charge in [0.15, 0.2) is 0 Å². The van der Waals surface area contributed by atoms with E-state index in [0.717, 1.165) is 0 Å². The minimum absolute atomic E-state index is 0.191. The van der Waals surface area contributed by atoms with Crippen LogP contribution in [0.2, 0.25) is 0 Å². The third-order valence-electron chi connectivity index (χ3n) is 2.23. The van der Waals surface area contributed by atoms with Crippen molar-refractivity contribution in [3.63, 3.8) is 0 Å². The van der Waals surface area contributed by atoms with Gasteiger partial charge >= 0.3 is 0 Å². The van der Waals surface area contributed by atoms with Gasteiger partial charge in [0, 0.05) is 12.7 Å². The Kier molecular flexibility index (Phi) is 3.30. The van der Waals surface area contributed by atoms with Crippen molar-refractivity contribution in [1.82, 2.24) is 10.3 Å². The summed E-state index contributed by atoms with van der Waals surface area (Å²) in [6.45, 7) is 3.84. The fourth-order valence-electron chi connectivity index (χ4n) is 0.962. The highest BCUT2D eigenvalue weighted by Crippen LogP contribution is 2.06. The number of carbonyl (C=O) groups is 1. The van der Waals surface area contributed by atoms with Crippen molar-refractivity contribution < 1.29 is 9.90 Å². The fourth-order valence-corrected chi connectivity index (χ4v) is 0.962. The van der Waals surface area contributed by atoms with Crippen LogP contribution in [0.25, 0.3) is 0 Å². The normalized spacial score (nSPS) is 14.8. The number of aliphatic hydroxyl groups is 1. The number of amides is 1. The molecule has 78 valence electrons. The van der Waals surface area contributed by atoms with Crippen molar-refractivity contribution in [1.29, 1.82) is 0 Å². The van der Waals surface area contributed by atoms with E-state index in [0.29, 0.717) is 12.1 Å². The Morgan fingerprint density at radius 2 is 2.43 bits per heavy atom. The zero-order valence-corrected chi connectivity index (χ0v) is 8.50. The number of hydrogen-bond donors (Lipinski definition) is 3. The largest absolute Gasteiger partial charge is 0.388 e. The molecule has 1 amide bonds. The summed E-state index contributed by atoms with van der Waals surface area (Å²) in [7, 11) is 0. The Morgan fingerprint density at radius 1 is 1.71 bits per heavy atom. The molecule has 0 spiro atoms. The van der Waals surface area contributed by atoms with E-state index < -0.39 is 5.60 Å². The van der Waals surface area contributed by atoms with Crippen LogP contribution in [-0.4, -0.2) is 28.1 Å². The Hall–Kier alpha value is -1.29. The number of aromatic amines is 1. The Balaban J connectivity index is 2.43. The number of H-pyrrole nitrogens is 1. The second-order valence-electron chi connectivity index (χ2n) is 3.62. The maximum Gasteiger partial charge on any atom is 0.267 e. The molecule has 14 heavy (non-hydrogen) atoms. The monoisotopic (exact) mass is 196 g/mol. The molecule has 1 aromatic heterocycles. The van der Waals surface area contributed by atoms with Crippen molar-refractivity contribution in [3.05, 3.63) is 24.0 Å². The van der Waals surface area contributed by atoms with E-state index in [2.05, 4.69) is 10.3 Å². The lowest BCUT2D eigenvalue weighted by Crippen LogP contribution is -2.40. The summed E-state index contributed by atoms with van der Waals surface area (Å²) in [4.78, 5) is 14.2. The maximum atomic E-state index is 11.4. The van der Waals surface area contributed by atoms with Crippen LogP contribution in [0.4, 0.5) is 0 Å². The average Bonchev–Trinajstić information content (AvgIpc) is 2.67. The summed E-state index contributed by atoms with van der Waals surface area (Å²) in [6, 6.07) is 3.45. The molecule has 0 aromatic carbocycles. The van der Waals surface area contributed by atoms with E-state index in [-0.39, 0.29) is 12.5 Å². The molecule has 1 atom stereocenters. The van der Waals surface area contributed by atoms with Crippen molar-refractivity contribution in [2.24, 2.45) is 0 Å². The molecule has 0 radical (unpaired) electrons. The molecule has 3 N–H and O–H groups in total. The SMILES string of the molecule is CCC(C)(O)CNC(=O)c1ccc[nH]1. The molecule has 1 unspecified atom stereocenters. The van der Waals surface area contributed by atoms with Gasteiger partial charge in [-0.15, -0.1) is 0 Å². The molecule has 0 bridgehead atoms. The minimum atomic E-state index is -0.831. The van der Waals surface area contributed by atoms with Crippen LogP contribution in [-0.2, 0) is 0 Å². The smallest absolute Gasteiger partial charge is 0.267 e. The van der Waals surface area contributed by atoms with Crippen LogP contribution in [0.3, 0.4) is 0 Å². The van der Waals surface area contributed by atoms with Crippen LogP contribution in [0.1, 0.15) is 30.8 Å². The molecule has 0 saturated carbocycles. The topological polar surface area (TPSA) is 65.1 Å². The van der Waals surface area contributed by atoms with Crippen LogP contribution in [0.15, 0.2) is 18.3 Å².